The number of carbonyl (C=O) groups is 2. The van der Waals surface area contributed by atoms with Gasteiger partial charge in [-0.15, -0.1) is 11.3 Å². The molecule has 0 aliphatic carbocycles. The summed E-state index contributed by atoms with van der Waals surface area (Å²) in [5.41, 5.74) is 0.356. The number of methoxy groups -OCH3 is 1. The molecule has 1 heterocycles. The van der Waals surface area contributed by atoms with Crippen LogP contribution in [0.25, 0.3) is 0 Å². The zero-order valence-electron chi connectivity index (χ0n) is 11.6. The number of nitro groups is 1. The molecular formula is C14H12N2O5S. The molecule has 0 radical (unpaired) electrons. The van der Waals surface area contributed by atoms with Gasteiger partial charge in [0, 0.05) is 18.2 Å². The molecule has 0 aliphatic rings. The van der Waals surface area contributed by atoms with E-state index in [4.69, 9.17) is 0 Å². The van der Waals surface area contributed by atoms with Crippen molar-refractivity contribution in [3.63, 3.8) is 0 Å². The molecule has 0 fully saturated rings. The number of nitro benzene ring substituents is 1. The van der Waals surface area contributed by atoms with Crippen molar-refractivity contribution in [2.24, 2.45) is 0 Å². The molecule has 114 valence electrons. The molecule has 0 atom stereocenters. The lowest BCUT2D eigenvalue weighted by molar-refractivity contribution is -0.385. The number of nitrogens with zero attached hydrogens (tertiary/aromatic N) is 1. The molecule has 8 heteroatoms. The first-order valence-electron chi connectivity index (χ1n) is 6.21. The average Bonchev–Trinajstić information content (AvgIpc) is 3.02. The van der Waals surface area contributed by atoms with Crippen molar-refractivity contribution in [1.82, 2.24) is 5.32 Å². The minimum atomic E-state index is -0.511. The molecule has 0 unspecified atom stereocenters. The van der Waals surface area contributed by atoms with Gasteiger partial charge in [0.05, 0.1) is 16.9 Å². The van der Waals surface area contributed by atoms with Crippen LogP contribution in [0.5, 0.6) is 0 Å². The molecule has 1 amide bonds. The van der Waals surface area contributed by atoms with Crippen molar-refractivity contribution in [1.29, 1.82) is 0 Å². The maximum Gasteiger partial charge on any atom is 0.348 e. The number of rotatable bonds is 5. The van der Waals surface area contributed by atoms with E-state index in [1.807, 2.05) is 0 Å². The Hall–Kier alpha value is -2.74. The second kappa shape index (κ2) is 6.81. The monoisotopic (exact) mass is 320 g/mol. The fourth-order valence-corrected chi connectivity index (χ4v) is 2.61. The molecule has 0 spiro atoms. The normalized spacial score (nSPS) is 10.0. The number of nitrogens with one attached hydrogen (secondary N) is 1. The summed E-state index contributed by atoms with van der Waals surface area (Å²) >= 11 is 0.999. The minimum Gasteiger partial charge on any atom is -0.465 e. The molecule has 0 aliphatic heterocycles. The maximum atomic E-state index is 12.0. The highest BCUT2D eigenvalue weighted by Crippen LogP contribution is 2.19. The van der Waals surface area contributed by atoms with Gasteiger partial charge in [0.2, 0.25) is 0 Å². The summed E-state index contributed by atoms with van der Waals surface area (Å²) in [7, 11) is 1.26. The van der Waals surface area contributed by atoms with Gasteiger partial charge in [-0.25, -0.2) is 4.79 Å². The van der Waals surface area contributed by atoms with Crippen LogP contribution in [0.2, 0.25) is 0 Å². The predicted molar refractivity (Wildman–Crippen MR) is 79.9 cm³/mol. The first-order valence-corrected chi connectivity index (χ1v) is 7.03. The van der Waals surface area contributed by atoms with Crippen LogP contribution < -0.4 is 5.32 Å². The van der Waals surface area contributed by atoms with Gasteiger partial charge in [-0.2, -0.15) is 0 Å². The third-order valence-corrected chi connectivity index (χ3v) is 3.91. The average molecular weight is 320 g/mol. The first-order chi connectivity index (χ1) is 10.5. The standard InChI is InChI=1S/C14H12N2O5S/c1-21-14(18)12-7-6-11(22-12)13(17)15-8-9-4-2-3-5-10(9)16(19)20/h2-7H,8H2,1H3,(H,15,17). The van der Waals surface area contributed by atoms with Gasteiger partial charge in [0.1, 0.15) is 4.88 Å². The Morgan fingerprint density at radius 3 is 2.59 bits per heavy atom. The second-order valence-electron chi connectivity index (χ2n) is 4.22. The van der Waals surface area contributed by atoms with E-state index in [1.165, 1.54) is 25.3 Å². The first kappa shape index (κ1) is 15.6. The summed E-state index contributed by atoms with van der Waals surface area (Å²) < 4.78 is 4.57. The molecule has 1 aromatic carbocycles. The molecule has 2 aromatic rings. The number of carbonyl (C=O) groups excluding carboxylic acids is 2. The zero-order chi connectivity index (χ0) is 16.1. The van der Waals surface area contributed by atoms with E-state index in [1.54, 1.807) is 18.2 Å². The van der Waals surface area contributed by atoms with E-state index >= 15 is 0 Å². The Balaban J connectivity index is 2.06. The third kappa shape index (κ3) is 3.47. The van der Waals surface area contributed by atoms with Gasteiger partial charge in [-0.1, -0.05) is 18.2 Å². The number of hydrogen-bond acceptors (Lipinski definition) is 6. The number of amides is 1. The van der Waals surface area contributed by atoms with E-state index in [-0.39, 0.29) is 12.2 Å². The van der Waals surface area contributed by atoms with Crippen LogP contribution in [0.1, 0.15) is 24.9 Å². The molecule has 2 rings (SSSR count). The minimum absolute atomic E-state index is 0.0292. The highest BCUT2D eigenvalue weighted by atomic mass is 32.1. The topological polar surface area (TPSA) is 98.5 Å². The molecule has 7 nitrogen and oxygen atoms in total. The number of ether oxygens (including phenoxy) is 1. The third-order valence-electron chi connectivity index (χ3n) is 2.84. The summed E-state index contributed by atoms with van der Waals surface area (Å²) in [6, 6.07) is 9.18. The van der Waals surface area contributed by atoms with Gasteiger partial charge in [-0.05, 0) is 12.1 Å². The summed E-state index contributed by atoms with van der Waals surface area (Å²) in [5.74, 6) is -0.916. The molecular weight excluding hydrogens is 308 g/mol. The van der Waals surface area contributed by atoms with Gasteiger partial charge in [0.15, 0.2) is 0 Å². The number of hydrogen-bond donors (Lipinski definition) is 1. The Bertz CT molecular complexity index is 726. The van der Waals surface area contributed by atoms with Crippen molar-refractivity contribution < 1.29 is 19.2 Å². The summed E-state index contributed by atoms with van der Waals surface area (Å²) in [6.07, 6.45) is 0. The number of esters is 1. The van der Waals surface area contributed by atoms with E-state index < -0.39 is 16.8 Å². The predicted octanol–water partition coefficient (Wildman–Crippen LogP) is 2.37. The van der Waals surface area contributed by atoms with Crippen LogP contribution in [-0.2, 0) is 11.3 Å². The van der Waals surface area contributed by atoms with Gasteiger partial charge in [-0.3, -0.25) is 14.9 Å². The van der Waals surface area contributed by atoms with E-state index in [9.17, 15) is 19.7 Å². The molecule has 1 aromatic heterocycles. The van der Waals surface area contributed by atoms with Crippen LogP contribution >= 0.6 is 11.3 Å². The highest BCUT2D eigenvalue weighted by molar-refractivity contribution is 7.15. The van der Waals surface area contributed by atoms with Crippen molar-refractivity contribution in [2.75, 3.05) is 7.11 Å². The Kier molecular flexibility index (Phi) is 4.84. The van der Waals surface area contributed by atoms with Gasteiger partial charge < -0.3 is 10.1 Å². The smallest absolute Gasteiger partial charge is 0.348 e. The zero-order valence-corrected chi connectivity index (χ0v) is 12.4. The van der Waals surface area contributed by atoms with Crippen molar-refractivity contribution in [3.8, 4) is 0 Å². The van der Waals surface area contributed by atoms with E-state index in [0.29, 0.717) is 15.3 Å². The highest BCUT2D eigenvalue weighted by Gasteiger charge is 2.16. The fourth-order valence-electron chi connectivity index (χ4n) is 1.77. The molecule has 0 saturated heterocycles. The lowest BCUT2D eigenvalue weighted by Crippen LogP contribution is -2.22. The quantitative estimate of drug-likeness (QED) is 0.518. The van der Waals surface area contributed by atoms with Crippen LogP contribution in [0.15, 0.2) is 36.4 Å². The lowest BCUT2D eigenvalue weighted by Gasteiger charge is -2.04. The SMILES string of the molecule is COC(=O)c1ccc(C(=O)NCc2ccccc2[N+](=O)[O-])s1. The molecule has 0 bridgehead atoms. The van der Waals surface area contributed by atoms with Crippen molar-refractivity contribution in [3.05, 3.63) is 61.8 Å². The molecule has 1 N–H and O–H groups in total. The Labute approximate surface area is 129 Å². The summed E-state index contributed by atoms with van der Waals surface area (Å²) in [6.45, 7) is 0.0292. The van der Waals surface area contributed by atoms with Crippen molar-refractivity contribution in [2.45, 2.75) is 6.54 Å². The van der Waals surface area contributed by atoms with Crippen LogP contribution in [0, 0.1) is 10.1 Å². The van der Waals surface area contributed by atoms with E-state index in [0.717, 1.165) is 11.3 Å². The Morgan fingerprint density at radius 2 is 1.91 bits per heavy atom. The van der Waals surface area contributed by atoms with Crippen LogP contribution in [0.3, 0.4) is 0 Å². The number of thiophene rings is 1. The number of para-hydroxylation sites is 1. The summed E-state index contributed by atoms with van der Waals surface area (Å²) in [5, 5.41) is 13.5. The largest absolute Gasteiger partial charge is 0.465 e. The number of benzene rings is 1. The molecule has 0 saturated carbocycles. The maximum absolute atomic E-state index is 12.0. The fraction of sp³-hybridized carbons (Fsp3) is 0.143. The Morgan fingerprint density at radius 1 is 1.23 bits per heavy atom. The van der Waals surface area contributed by atoms with Crippen LogP contribution in [-0.4, -0.2) is 23.9 Å². The van der Waals surface area contributed by atoms with Gasteiger partial charge >= 0.3 is 5.97 Å². The van der Waals surface area contributed by atoms with Gasteiger partial charge in [0.25, 0.3) is 11.6 Å². The van der Waals surface area contributed by atoms with Crippen LogP contribution in [0.4, 0.5) is 5.69 Å². The summed E-state index contributed by atoms with van der Waals surface area (Å²) in [4.78, 5) is 34.4. The van der Waals surface area contributed by atoms with Crippen molar-refractivity contribution >= 4 is 28.9 Å². The lowest BCUT2D eigenvalue weighted by atomic mass is 10.2. The second-order valence-corrected chi connectivity index (χ2v) is 5.31. The molecule has 22 heavy (non-hydrogen) atoms. The van der Waals surface area contributed by atoms with E-state index in [2.05, 4.69) is 10.1 Å².